The number of carboxylic acids is 1. The fourth-order valence-corrected chi connectivity index (χ4v) is 5.79. The van der Waals surface area contributed by atoms with Crippen molar-refractivity contribution in [2.75, 3.05) is 32.5 Å². The fourth-order valence-electron chi connectivity index (χ4n) is 4.79. The molecule has 1 fully saturated rings. The molecule has 4 rings (SSSR count). The van der Waals surface area contributed by atoms with E-state index in [0.29, 0.717) is 30.7 Å². The zero-order valence-electron chi connectivity index (χ0n) is 20.0. The van der Waals surface area contributed by atoms with Gasteiger partial charge in [-0.3, -0.25) is 14.8 Å². The van der Waals surface area contributed by atoms with Crippen LogP contribution in [0.4, 0.5) is 0 Å². The molecule has 0 radical (unpaired) electrons. The molecule has 0 unspecified atom stereocenters. The summed E-state index contributed by atoms with van der Waals surface area (Å²) in [5.74, 6) is 1.06. The second-order valence-corrected chi connectivity index (χ2v) is 10.5. The Balaban J connectivity index is 1.30. The molecule has 1 saturated heterocycles. The number of carbonyl (C=O) groups is 1. The Morgan fingerprint density at radius 2 is 2.03 bits per heavy atom. The second-order valence-electron chi connectivity index (χ2n) is 8.99. The molecule has 0 spiro atoms. The van der Waals surface area contributed by atoms with Gasteiger partial charge in [0.1, 0.15) is 10.8 Å². The molecule has 0 saturated carbocycles. The molecular weight excluding hydrogens is 484 g/mol. The molecule has 0 bridgehead atoms. The number of aromatic nitrogens is 3. The Morgan fingerprint density at radius 3 is 2.74 bits per heavy atom. The second kappa shape index (κ2) is 12.0. The van der Waals surface area contributed by atoms with Gasteiger partial charge >= 0.3 is 5.97 Å². The van der Waals surface area contributed by atoms with Crippen LogP contribution >= 0.6 is 23.4 Å². The average Bonchev–Trinajstić information content (AvgIpc) is 2.89. The van der Waals surface area contributed by atoms with Gasteiger partial charge in [-0.15, -0.1) is 11.8 Å². The van der Waals surface area contributed by atoms with Gasteiger partial charge in [0.2, 0.25) is 0 Å². The molecule has 9 heteroatoms. The van der Waals surface area contributed by atoms with E-state index < -0.39 is 11.4 Å². The van der Waals surface area contributed by atoms with Crippen LogP contribution < -0.4 is 4.74 Å². The van der Waals surface area contributed by atoms with E-state index in [4.69, 9.17) is 16.3 Å². The van der Waals surface area contributed by atoms with Crippen LogP contribution in [0.2, 0.25) is 5.02 Å². The first-order valence-corrected chi connectivity index (χ1v) is 13.3. The van der Waals surface area contributed by atoms with Crippen molar-refractivity contribution in [2.24, 2.45) is 5.41 Å². The number of aliphatic carboxylic acids is 1. The molecule has 0 aliphatic carbocycles. The minimum atomic E-state index is -0.678. The minimum Gasteiger partial charge on any atom is -0.497 e. The Bertz CT molecular complexity index is 1140. The maximum atomic E-state index is 12.3. The molecular formula is C26H31ClN4O3S. The molecule has 35 heavy (non-hydrogen) atoms. The third-order valence-electron chi connectivity index (χ3n) is 6.89. The van der Waals surface area contributed by atoms with E-state index >= 15 is 0 Å². The van der Waals surface area contributed by atoms with E-state index in [-0.39, 0.29) is 0 Å². The lowest BCUT2D eigenvalue weighted by atomic mass is 9.74. The number of ether oxygens (including phenoxy) is 1. The molecule has 2 aromatic heterocycles. The highest BCUT2D eigenvalue weighted by atomic mass is 35.5. The number of hydrogen-bond acceptors (Lipinski definition) is 7. The van der Waals surface area contributed by atoms with Gasteiger partial charge in [0.05, 0.1) is 29.3 Å². The monoisotopic (exact) mass is 514 g/mol. The predicted octanol–water partition coefficient (Wildman–Crippen LogP) is 5.36. The van der Waals surface area contributed by atoms with Crippen molar-refractivity contribution >= 4 is 40.2 Å². The number of carboxylic acid groups (broad SMARTS) is 1. The molecule has 0 amide bonds. The van der Waals surface area contributed by atoms with Crippen LogP contribution in [0.15, 0.2) is 48.0 Å². The number of aryl methyl sites for hydroxylation is 1. The van der Waals surface area contributed by atoms with Crippen molar-refractivity contribution in [3.05, 3.63) is 53.6 Å². The normalized spacial score (nSPS) is 15.8. The first kappa shape index (κ1) is 25.7. The summed E-state index contributed by atoms with van der Waals surface area (Å²) in [5.41, 5.74) is 1.20. The van der Waals surface area contributed by atoms with Gasteiger partial charge in [-0.25, -0.2) is 4.98 Å². The largest absolute Gasteiger partial charge is 0.497 e. The van der Waals surface area contributed by atoms with Crippen LogP contribution in [0, 0.1) is 5.41 Å². The summed E-state index contributed by atoms with van der Waals surface area (Å²) < 4.78 is 5.37. The lowest BCUT2D eigenvalue weighted by molar-refractivity contribution is -0.152. The van der Waals surface area contributed by atoms with Gasteiger partial charge in [0.15, 0.2) is 0 Å². The number of rotatable bonds is 11. The van der Waals surface area contributed by atoms with Gasteiger partial charge < -0.3 is 14.7 Å². The summed E-state index contributed by atoms with van der Waals surface area (Å²) in [6.45, 7) is 2.61. The van der Waals surface area contributed by atoms with Gasteiger partial charge in [0, 0.05) is 29.7 Å². The number of piperidine rings is 1. The standard InChI is InChI=1S/C26H31ClN4O3S/c1-34-19-5-6-23-21(16-19)20(22(27)17-30-23)4-2-7-26(25(32)33)8-13-31(14-9-26)12-3-15-35-24-18-28-10-11-29-24/h5-6,10-11,16-18H,2-4,7-9,12-15H2,1H3,(H,32,33). The number of fused-ring (bicyclic) bond motifs is 1. The number of halogens is 1. The van der Waals surface area contributed by atoms with Crippen LogP contribution in [0.3, 0.4) is 0 Å². The van der Waals surface area contributed by atoms with Gasteiger partial charge in [0.25, 0.3) is 0 Å². The Kier molecular flexibility index (Phi) is 8.81. The molecule has 7 nitrogen and oxygen atoms in total. The molecule has 1 aliphatic heterocycles. The number of pyridine rings is 1. The number of hydrogen-bond donors (Lipinski definition) is 1. The molecule has 3 heterocycles. The molecule has 1 aromatic carbocycles. The third-order valence-corrected chi connectivity index (χ3v) is 8.22. The lowest BCUT2D eigenvalue weighted by Gasteiger charge is -2.39. The summed E-state index contributed by atoms with van der Waals surface area (Å²) in [5, 5.41) is 12.6. The molecule has 0 atom stereocenters. The Morgan fingerprint density at radius 1 is 1.20 bits per heavy atom. The molecule has 3 aromatic rings. The smallest absolute Gasteiger partial charge is 0.309 e. The van der Waals surface area contributed by atoms with Gasteiger partial charge in [-0.05, 0) is 81.9 Å². The summed E-state index contributed by atoms with van der Waals surface area (Å²) in [7, 11) is 1.64. The van der Waals surface area contributed by atoms with Crippen LogP contribution in [0.5, 0.6) is 5.75 Å². The van der Waals surface area contributed by atoms with Crippen molar-refractivity contribution in [3.63, 3.8) is 0 Å². The van der Waals surface area contributed by atoms with Crippen LogP contribution in [0.25, 0.3) is 10.9 Å². The topological polar surface area (TPSA) is 88.4 Å². The van der Waals surface area contributed by atoms with Crippen molar-refractivity contribution in [2.45, 2.75) is 43.6 Å². The van der Waals surface area contributed by atoms with Crippen LogP contribution in [-0.4, -0.2) is 63.4 Å². The third kappa shape index (κ3) is 6.42. The number of thioether (sulfide) groups is 1. The van der Waals surface area contributed by atoms with Gasteiger partial charge in [-0.2, -0.15) is 0 Å². The first-order valence-electron chi connectivity index (χ1n) is 12.0. The minimum absolute atomic E-state index is 0.615. The van der Waals surface area contributed by atoms with E-state index in [2.05, 4.69) is 19.9 Å². The summed E-state index contributed by atoms with van der Waals surface area (Å²) in [6, 6.07) is 5.76. The Hall–Kier alpha value is -2.42. The van der Waals surface area contributed by atoms with Crippen molar-refractivity contribution in [1.82, 2.24) is 19.9 Å². The summed E-state index contributed by atoms with van der Waals surface area (Å²) in [6.07, 6.45) is 11.4. The summed E-state index contributed by atoms with van der Waals surface area (Å²) >= 11 is 8.21. The molecule has 186 valence electrons. The molecule has 1 N–H and O–H groups in total. The Labute approximate surface area is 215 Å². The van der Waals surface area contributed by atoms with E-state index in [0.717, 1.165) is 65.5 Å². The highest BCUT2D eigenvalue weighted by molar-refractivity contribution is 7.99. The van der Waals surface area contributed by atoms with Crippen molar-refractivity contribution in [3.8, 4) is 5.75 Å². The van der Waals surface area contributed by atoms with Crippen LogP contribution in [0.1, 0.15) is 37.7 Å². The van der Waals surface area contributed by atoms with E-state index in [1.807, 2.05) is 18.2 Å². The maximum Gasteiger partial charge on any atom is 0.309 e. The number of nitrogens with zero attached hydrogens (tertiary/aromatic N) is 4. The van der Waals surface area contributed by atoms with Crippen LogP contribution in [-0.2, 0) is 11.2 Å². The zero-order chi connectivity index (χ0) is 24.7. The van der Waals surface area contributed by atoms with Crippen molar-refractivity contribution < 1.29 is 14.6 Å². The quantitative estimate of drug-likeness (QED) is 0.270. The SMILES string of the molecule is COc1ccc2ncc(Cl)c(CCCC3(C(=O)O)CCN(CCCSc4cnccn4)CC3)c2c1. The number of likely N-dealkylation sites (tertiary alicyclic amines) is 1. The van der Waals surface area contributed by atoms with E-state index in [9.17, 15) is 9.90 Å². The number of methoxy groups -OCH3 is 1. The zero-order valence-corrected chi connectivity index (χ0v) is 21.5. The van der Waals surface area contributed by atoms with E-state index in [1.54, 1.807) is 43.7 Å². The highest BCUT2D eigenvalue weighted by Gasteiger charge is 2.40. The summed E-state index contributed by atoms with van der Waals surface area (Å²) in [4.78, 5) is 27.5. The maximum absolute atomic E-state index is 12.3. The first-order chi connectivity index (χ1) is 17.0. The average molecular weight is 515 g/mol. The predicted molar refractivity (Wildman–Crippen MR) is 139 cm³/mol. The van der Waals surface area contributed by atoms with E-state index in [1.165, 1.54) is 0 Å². The number of benzene rings is 1. The van der Waals surface area contributed by atoms with Crippen molar-refractivity contribution in [1.29, 1.82) is 0 Å². The highest BCUT2D eigenvalue weighted by Crippen LogP contribution is 2.38. The fraction of sp³-hybridized carbons (Fsp3) is 0.462. The lowest BCUT2D eigenvalue weighted by Crippen LogP contribution is -2.44. The van der Waals surface area contributed by atoms with Gasteiger partial charge in [-0.1, -0.05) is 11.6 Å². The molecule has 1 aliphatic rings.